The maximum atomic E-state index is 9.48. The average molecular weight is 206 g/mol. The molecular weight excluding hydrogens is 188 g/mol. The number of aliphatic hydroxyl groups excluding tert-OH is 1. The van der Waals surface area contributed by atoms with Gasteiger partial charge >= 0.3 is 0 Å². The van der Waals surface area contributed by atoms with Crippen LogP contribution in [-0.4, -0.2) is 16.8 Å². The number of aliphatic hydroxyl groups is 1. The molecule has 2 nitrogen and oxygen atoms in total. The van der Waals surface area contributed by atoms with E-state index in [0.29, 0.717) is 17.6 Å². The predicted molar refractivity (Wildman–Crippen MR) is 59.8 cm³/mol. The van der Waals surface area contributed by atoms with Gasteiger partial charge in [0.05, 0.1) is 0 Å². The summed E-state index contributed by atoms with van der Waals surface area (Å²) < 4.78 is 0. The third-order valence-corrected chi connectivity index (χ3v) is 3.79. The number of aromatic hydroxyl groups is 1. The van der Waals surface area contributed by atoms with Crippen LogP contribution in [0.4, 0.5) is 0 Å². The van der Waals surface area contributed by atoms with Crippen LogP contribution in [0.2, 0.25) is 0 Å². The van der Waals surface area contributed by atoms with E-state index in [4.69, 9.17) is 0 Å². The molecule has 0 heterocycles. The van der Waals surface area contributed by atoms with Crippen molar-refractivity contribution in [3.63, 3.8) is 0 Å². The highest BCUT2D eigenvalue weighted by molar-refractivity contribution is 5.39. The zero-order valence-corrected chi connectivity index (χ0v) is 9.27. The van der Waals surface area contributed by atoms with Crippen molar-refractivity contribution >= 4 is 0 Å². The molecule has 0 spiro atoms. The molecule has 0 amide bonds. The van der Waals surface area contributed by atoms with Gasteiger partial charge in [0.1, 0.15) is 5.75 Å². The summed E-state index contributed by atoms with van der Waals surface area (Å²) in [5.41, 5.74) is 1.25. The van der Waals surface area contributed by atoms with Gasteiger partial charge in [0.15, 0.2) is 0 Å². The average Bonchev–Trinajstić information content (AvgIpc) is 2.93. The Hall–Kier alpha value is -1.02. The van der Waals surface area contributed by atoms with Crippen molar-refractivity contribution in [2.45, 2.75) is 25.7 Å². The van der Waals surface area contributed by atoms with Crippen LogP contribution in [0.25, 0.3) is 0 Å². The Balaban J connectivity index is 2.36. The first kappa shape index (κ1) is 10.5. The summed E-state index contributed by atoms with van der Waals surface area (Å²) in [4.78, 5) is 0. The molecule has 1 saturated carbocycles. The van der Waals surface area contributed by atoms with Crippen LogP contribution in [0, 0.1) is 11.8 Å². The van der Waals surface area contributed by atoms with Crippen LogP contribution in [0.1, 0.15) is 25.8 Å². The van der Waals surface area contributed by atoms with Crippen molar-refractivity contribution in [1.29, 1.82) is 0 Å². The third-order valence-electron chi connectivity index (χ3n) is 3.79. The van der Waals surface area contributed by atoms with Crippen molar-refractivity contribution in [1.82, 2.24) is 0 Å². The molecule has 2 atom stereocenters. The Bertz CT molecular complexity index is 359. The van der Waals surface area contributed by atoms with Gasteiger partial charge in [-0.25, -0.2) is 0 Å². The Morgan fingerprint density at radius 1 is 1.47 bits per heavy atom. The highest BCUT2D eigenvalue weighted by Crippen LogP contribution is 2.59. The Labute approximate surface area is 90.6 Å². The molecule has 2 rings (SSSR count). The molecule has 1 aliphatic rings. The van der Waals surface area contributed by atoms with Crippen LogP contribution in [-0.2, 0) is 5.41 Å². The molecule has 82 valence electrons. The minimum Gasteiger partial charge on any atom is -0.508 e. The molecule has 1 fully saturated rings. The van der Waals surface area contributed by atoms with E-state index in [9.17, 15) is 10.2 Å². The molecule has 0 saturated heterocycles. The van der Waals surface area contributed by atoms with E-state index >= 15 is 0 Å². The van der Waals surface area contributed by atoms with E-state index in [-0.39, 0.29) is 12.0 Å². The fourth-order valence-corrected chi connectivity index (χ4v) is 2.77. The van der Waals surface area contributed by atoms with Crippen molar-refractivity contribution in [2.75, 3.05) is 6.61 Å². The van der Waals surface area contributed by atoms with Crippen LogP contribution in [0.15, 0.2) is 24.3 Å². The van der Waals surface area contributed by atoms with Crippen molar-refractivity contribution < 1.29 is 10.2 Å². The number of hydrogen-bond acceptors (Lipinski definition) is 2. The van der Waals surface area contributed by atoms with Crippen molar-refractivity contribution in [3.05, 3.63) is 29.8 Å². The van der Waals surface area contributed by atoms with Gasteiger partial charge in [0.2, 0.25) is 0 Å². The first-order valence-electron chi connectivity index (χ1n) is 5.51. The highest BCUT2D eigenvalue weighted by Gasteiger charge is 2.56. The molecule has 2 unspecified atom stereocenters. The summed E-state index contributed by atoms with van der Waals surface area (Å²) in [7, 11) is 0. The van der Waals surface area contributed by atoms with Gasteiger partial charge in [-0.05, 0) is 36.0 Å². The van der Waals surface area contributed by atoms with Crippen LogP contribution >= 0.6 is 0 Å². The normalized spacial score (nSPS) is 29.5. The predicted octanol–water partition coefficient (Wildman–Crippen LogP) is 2.30. The van der Waals surface area contributed by atoms with E-state index in [1.807, 2.05) is 12.1 Å². The molecule has 1 aliphatic carbocycles. The van der Waals surface area contributed by atoms with Crippen molar-refractivity contribution in [2.24, 2.45) is 11.8 Å². The smallest absolute Gasteiger partial charge is 0.115 e. The number of hydrogen-bond donors (Lipinski definition) is 2. The number of phenolic OH excluding ortho intramolecular Hbond substituents is 1. The Kier molecular flexibility index (Phi) is 2.47. The van der Waals surface area contributed by atoms with Gasteiger partial charge in [0, 0.05) is 12.0 Å². The first-order chi connectivity index (χ1) is 7.11. The van der Waals surface area contributed by atoms with Crippen LogP contribution in [0.3, 0.4) is 0 Å². The standard InChI is InChI=1S/C13H18O2/c1-9(2)13(7-11(13)8-14)10-4-3-5-12(15)6-10/h3-6,9,11,14-15H,7-8H2,1-2H3. The van der Waals surface area contributed by atoms with Crippen LogP contribution < -0.4 is 0 Å². The molecule has 2 N–H and O–H groups in total. The second-order valence-electron chi connectivity index (χ2n) is 4.83. The second-order valence-corrected chi connectivity index (χ2v) is 4.83. The monoisotopic (exact) mass is 206 g/mol. The summed E-state index contributed by atoms with van der Waals surface area (Å²) in [5.74, 6) is 1.17. The van der Waals surface area contributed by atoms with E-state index in [2.05, 4.69) is 19.9 Å². The first-order valence-corrected chi connectivity index (χ1v) is 5.51. The number of phenols is 1. The lowest BCUT2D eigenvalue weighted by molar-refractivity contribution is 0.252. The van der Waals surface area contributed by atoms with Crippen molar-refractivity contribution in [3.8, 4) is 5.75 Å². The summed E-state index contributed by atoms with van der Waals surface area (Å²) in [6, 6.07) is 7.44. The zero-order chi connectivity index (χ0) is 11.1. The van der Waals surface area contributed by atoms with E-state index in [1.54, 1.807) is 6.07 Å². The molecule has 1 aromatic rings. The summed E-state index contributed by atoms with van der Waals surface area (Å²) in [6.45, 7) is 4.60. The van der Waals surface area contributed by atoms with Gasteiger partial charge in [-0.2, -0.15) is 0 Å². The largest absolute Gasteiger partial charge is 0.508 e. The highest BCUT2D eigenvalue weighted by atomic mass is 16.3. The molecule has 2 heteroatoms. The maximum absolute atomic E-state index is 9.48. The van der Waals surface area contributed by atoms with Crippen LogP contribution in [0.5, 0.6) is 5.75 Å². The summed E-state index contributed by atoms with van der Waals surface area (Å²) >= 11 is 0. The third kappa shape index (κ3) is 1.53. The summed E-state index contributed by atoms with van der Waals surface area (Å²) in [5, 5.41) is 18.7. The lowest BCUT2D eigenvalue weighted by Crippen LogP contribution is -2.19. The maximum Gasteiger partial charge on any atom is 0.115 e. The van der Waals surface area contributed by atoms with E-state index in [0.717, 1.165) is 12.0 Å². The topological polar surface area (TPSA) is 40.5 Å². The van der Waals surface area contributed by atoms with E-state index in [1.165, 1.54) is 0 Å². The Morgan fingerprint density at radius 2 is 2.20 bits per heavy atom. The SMILES string of the molecule is CC(C)C1(c2cccc(O)c2)CC1CO. The summed E-state index contributed by atoms with van der Waals surface area (Å²) in [6.07, 6.45) is 1.03. The van der Waals surface area contributed by atoms with Gasteiger partial charge in [0.25, 0.3) is 0 Å². The lowest BCUT2D eigenvalue weighted by Gasteiger charge is -2.22. The molecule has 0 radical (unpaired) electrons. The number of benzene rings is 1. The van der Waals surface area contributed by atoms with Gasteiger partial charge in [-0.3, -0.25) is 0 Å². The molecule has 0 aromatic heterocycles. The Morgan fingerprint density at radius 3 is 2.67 bits per heavy atom. The molecule has 15 heavy (non-hydrogen) atoms. The van der Waals surface area contributed by atoms with Gasteiger partial charge < -0.3 is 10.2 Å². The molecular formula is C13H18O2. The van der Waals surface area contributed by atoms with Gasteiger partial charge in [-0.15, -0.1) is 0 Å². The second kappa shape index (κ2) is 3.53. The molecule has 1 aromatic carbocycles. The zero-order valence-electron chi connectivity index (χ0n) is 9.27. The van der Waals surface area contributed by atoms with E-state index < -0.39 is 0 Å². The fourth-order valence-electron chi connectivity index (χ4n) is 2.77. The molecule has 0 aliphatic heterocycles. The minimum absolute atomic E-state index is 0.0908. The lowest BCUT2D eigenvalue weighted by atomic mass is 9.83. The fraction of sp³-hybridized carbons (Fsp3) is 0.538. The molecule has 0 bridgehead atoms. The number of rotatable bonds is 3. The quantitative estimate of drug-likeness (QED) is 0.796. The minimum atomic E-state index is 0.0908. The van der Waals surface area contributed by atoms with Gasteiger partial charge in [-0.1, -0.05) is 26.0 Å².